The van der Waals surface area contributed by atoms with Crippen molar-refractivity contribution in [1.82, 2.24) is 0 Å². The standard InChI is InChI=1S/C14H22N2O2/c1-11-9-14(10-15,6-7-18-11)16-12-4-3-5-13(8-12)17-2/h3-5,8,11,16H,6-7,9-10,15H2,1-2H3. The molecule has 1 heterocycles. The van der Waals surface area contributed by atoms with Gasteiger partial charge in [0.25, 0.3) is 0 Å². The van der Waals surface area contributed by atoms with Crippen LogP contribution in [0.4, 0.5) is 5.69 Å². The molecule has 1 aromatic carbocycles. The van der Waals surface area contributed by atoms with Crippen LogP contribution in [0.1, 0.15) is 19.8 Å². The topological polar surface area (TPSA) is 56.5 Å². The van der Waals surface area contributed by atoms with Gasteiger partial charge in [-0.1, -0.05) is 6.07 Å². The maximum Gasteiger partial charge on any atom is 0.120 e. The molecule has 1 aliphatic rings. The highest BCUT2D eigenvalue weighted by molar-refractivity contribution is 5.50. The lowest BCUT2D eigenvalue weighted by Gasteiger charge is -2.40. The van der Waals surface area contributed by atoms with Crippen molar-refractivity contribution >= 4 is 5.69 Å². The van der Waals surface area contributed by atoms with Gasteiger partial charge in [-0.15, -0.1) is 0 Å². The molecule has 0 aliphatic carbocycles. The second kappa shape index (κ2) is 5.59. The lowest BCUT2D eigenvalue weighted by Crippen LogP contribution is -2.51. The average molecular weight is 250 g/mol. The van der Waals surface area contributed by atoms with Crippen LogP contribution in [0.5, 0.6) is 5.75 Å². The van der Waals surface area contributed by atoms with E-state index in [1.165, 1.54) is 0 Å². The van der Waals surface area contributed by atoms with Crippen LogP contribution >= 0.6 is 0 Å². The van der Waals surface area contributed by atoms with E-state index in [4.69, 9.17) is 15.2 Å². The summed E-state index contributed by atoms with van der Waals surface area (Å²) in [4.78, 5) is 0. The molecule has 1 aliphatic heterocycles. The largest absolute Gasteiger partial charge is 0.497 e. The van der Waals surface area contributed by atoms with Crippen LogP contribution < -0.4 is 15.8 Å². The minimum Gasteiger partial charge on any atom is -0.497 e. The van der Waals surface area contributed by atoms with Crippen LogP contribution in [0.25, 0.3) is 0 Å². The number of rotatable bonds is 4. The van der Waals surface area contributed by atoms with Gasteiger partial charge in [0.15, 0.2) is 0 Å². The SMILES string of the molecule is COc1cccc(NC2(CN)CCOC(C)C2)c1. The van der Waals surface area contributed by atoms with Gasteiger partial charge in [0.05, 0.1) is 18.8 Å². The molecular weight excluding hydrogens is 228 g/mol. The summed E-state index contributed by atoms with van der Waals surface area (Å²) in [6.45, 7) is 3.46. The Morgan fingerprint density at radius 2 is 2.39 bits per heavy atom. The molecule has 0 bridgehead atoms. The van der Waals surface area contributed by atoms with Crippen molar-refractivity contribution in [1.29, 1.82) is 0 Å². The number of nitrogens with one attached hydrogen (secondary N) is 1. The summed E-state index contributed by atoms with van der Waals surface area (Å²) in [5.74, 6) is 0.854. The highest BCUT2D eigenvalue weighted by Gasteiger charge is 2.34. The summed E-state index contributed by atoms with van der Waals surface area (Å²) in [7, 11) is 1.67. The summed E-state index contributed by atoms with van der Waals surface area (Å²) in [6.07, 6.45) is 2.12. The van der Waals surface area contributed by atoms with Crippen LogP contribution in [-0.2, 0) is 4.74 Å². The normalized spacial score (nSPS) is 27.8. The number of benzene rings is 1. The summed E-state index contributed by atoms with van der Waals surface area (Å²) >= 11 is 0. The number of hydrogen-bond acceptors (Lipinski definition) is 4. The van der Waals surface area contributed by atoms with E-state index in [0.717, 1.165) is 30.9 Å². The number of anilines is 1. The fourth-order valence-electron chi connectivity index (χ4n) is 2.52. The molecule has 4 heteroatoms. The highest BCUT2D eigenvalue weighted by atomic mass is 16.5. The number of nitrogens with two attached hydrogens (primary N) is 1. The van der Waals surface area contributed by atoms with Gasteiger partial charge in [-0.2, -0.15) is 0 Å². The Morgan fingerprint density at radius 3 is 3.06 bits per heavy atom. The van der Waals surface area contributed by atoms with Crippen LogP contribution in [0.2, 0.25) is 0 Å². The Morgan fingerprint density at radius 1 is 1.56 bits per heavy atom. The van der Waals surface area contributed by atoms with Gasteiger partial charge in [0.2, 0.25) is 0 Å². The van der Waals surface area contributed by atoms with Gasteiger partial charge in [0.1, 0.15) is 5.75 Å². The second-order valence-electron chi connectivity index (χ2n) is 4.98. The summed E-state index contributed by atoms with van der Waals surface area (Å²) < 4.78 is 10.8. The molecule has 0 amide bonds. The molecule has 1 aromatic rings. The Kier molecular flexibility index (Phi) is 4.09. The van der Waals surface area contributed by atoms with E-state index in [-0.39, 0.29) is 11.6 Å². The van der Waals surface area contributed by atoms with E-state index < -0.39 is 0 Å². The maximum atomic E-state index is 5.97. The smallest absolute Gasteiger partial charge is 0.120 e. The zero-order chi connectivity index (χ0) is 13.0. The highest BCUT2D eigenvalue weighted by Crippen LogP contribution is 2.29. The molecule has 3 N–H and O–H groups in total. The number of hydrogen-bond donors (Lipinski definition) is 2. The fraction of sp³-hybridized carbons (Fsp3) is 0.571. The van der Waals surface area contributed by atoms with Crippen LogP contribution in [0.15, 0.2) is 24.3 Å². The van der Waals surface area contributed by atoms with Crippen molar-refractivity contribution in [3.8, 4) is 5.75 Å². The van der Waals surface area contributed by atoms with Gasteiger partial charge in [-0.25, -0.2) is 0 Å². The first kappa shape index (κ1) is 13.2. The van der Waals surface area contributed by atoms with Crippen molar-refractivity contribution in [3.05, 3.63) is 24.3 Å². The molecule has 2 rings (SSSR count). The monoisotopic (exact) mass is 250 g/mol. The van der Waals surface area contributed by atoms with E-state index >= 15 is 0 Å². The predicted octanol–water partition coefficient (Wildman–Crippen LogP) is 2.00. The molecule has 100 valence electrons. The molecule has 2 atom stereocenters. The molecule has 0 radical (unpaired) electrons. The Balaban J connectivity index is 2.13. The first-order valence-electron chi connectivity index (χ1n) is 6.41. The molecule has 1 fully saturated rings. The van der Waals surface area contributed by atoms with Crippen molar-refractivity contribution in [2.45, 2.75) is 31.4 Å². The lowest BCUT2D eigenvalue weighted by molar-refractivity contribution is 0.000263. The van der Waals surface area contributed by atoms with Crippen molar-refractivity contribution in [3.63, 3.8) is 0 Å². The average Bonchev–Trinajstić information content (AvgIpc) is 2.39. The van der Waals surface area contributed by atoms with Gasteiger partial charge in [-0.05, 0) is 31.9 Å². The fourth-order valence-corrected chi connectivity index (χ4v) is 2.52. The van der Waals surface area contributed by atoms with Gasteiger partial charge in [-0.3, -0.25) is 0 Å². The van der Waals surface area contributed by atoms with E-state index in [0.29, 0.717) is 6.54 Å². The zero-order valence-electron chi connectivity index (χ0n) is 11.1. The van der Waals surface area contributed by atoms with E-state index in [9.17, 15) is 0 Å². The van der Waals surface area contributed by atoms with E-state index in [2.05, 4.69) is 12.2 Å². The minimum absolute atomic E-state index is 0.0654. The number of ether oxygens (including phenoxy) is 2. The molecule has 0 spiro atoms. The molecule has 4 nitrogen and oxygen atoms in total. The third-order valence-corrected chi connectivity index (χ3v) is 3.53. The summed E-state index contributed by atoms with van der Waals surface area (Å²) in [5, 5.41) is 3.56. The Hall–Kier alpha value is -1.26. The van der Waals surface area contributed by atoms with Crippen LogP contribution in [-0.4, -0.2) is 31.9 Å². The van der Waals surface area contributed by atoms with Crippen molar-refractivity contribution < 1.29 is 9.47 Å². The Labute approximate surface area is 108 Å². The molecule has 2 unspecified atom stereocenters. The first-order chi connectivity index (χ1) is 8.67. The van der Waals surface area contributed by atoms with E-state index in [1.807, 2.05) is 24.3 Å². The predicted molar refractivity (Wildman–Crippen MR) is 73.1 cm³/mol. The summed E-state index contributed by atoms with van der Waals surface area (Å²) in [6, 6.07) is 7.96. The minimum atomic E-state index is -0.0654. The lowest BCUT2D eigenvalue weighted by atomic mass is 9.86. The summed E-state index contributed by atoms with van der Waals surface area (Å²) in [5.41, 5.74) is 6.95. The van der Waals surface area contributed by atoms with Gasteiger partial charge >= 0.3 is 0 Å². The quantitative estimate of drug-likeness (QED) is 0.858. The maximum absolute atomic E-state index is 5.97. The molecule has 0 aromatic heterocycles. The van der Waals surface area contributed by atoms with Crippen LogP contribution in [0.3, 0.4) is 0 Å². The second-order valence-corrected chi connectivity index (χ2v) is 4.98. The van der Waals surface area contributed by atoms with Crippen molar-refractivity contribution in [2.24, 2.45) is 5.73 Å². The van der Waals surface area contributed by atoms with E-state index in [1.54, 1.807) is 7.11 Å². The number of methoxy groups -OCH3 is 1. The van der Waals surface area contributed by atoms with Gasteiger partial charge < -0.3 is 20.5 Å². The molecule has 1 saturated heterocycles. The van der Waals surface area contributed by atoms with Crippen LogP contribution in [0, 0.1) is 0 Å². The zero-order valence-corrected chi connectivity index (χ0v) is 11.1. The molecule has 0 saturated carbocycles. The third kappa shape index (κ3) is 2.94. The third-order valence-electron chi connectivity index (χ3n) is 3.53. The van der Waals surface area contributed by atoms with Crippen molar-refractivity contribution in [2.75, 3.05) is 25.6 Å². The Bertz CT molecular complexity index is 397. The van der Waals surface area contributed by atoms with Gasteiger partial charge in [0, 0.05) is 24.9 Å². The molecule has 18 heavy (non-hydrogen) atoms. The first-order valence-corrected chi connectivity index (χ1v) is 6.41. The molecular formula is C14H22N2O2.